The summed E-state index contributed by atoms with van der Waals surface area (Å²) in [6, 6.07) is 8.21. The van der Waals surface area contributed by atoms with Crippen LogP contribution in [0.3, 0.4) is 0 Å². The summed E-state index contributed by atoms with van der Waals surface area (Å²) < 4.78 is 5.81. The lowest BCUT2D eigenvalue weighted by Gasteiger charge is -2.33. The first kappa shape index (κ1) is 15.0. The number of carbonyl (C=O) groups excluding carboxylic acids is 1. The number of hydrogen-bond donors (Lipinski definition) is 0. The number of amides is 1. The third-order valence-electron chi connectivity index (χ3n) is 3.74. The third kappa shape index (κ3) is 4.34. The molecule has 110 valence electrons. The summed E-state index contributed by atoms with van der Waals surface area (Å²) in [5.41, 5.74) is 2.33. The molecule has 2 rings (SSSR count). The molecule has 3 nitrogen and oxygen atoms in total. The number of rotatable bonds is 4. The van der Waals surface area contributed by atoms with Crippen molar-refractivity contribution >= 4 is 5.91 Å². The topological polar surface area (TPSA) is 29.5 Å². The summed E-state index contributed by atoms with van der Waals surface area (Å²) in [4.78, 5) is 14.2. The molecule has 0 radical (unpaired) electrons. The second-order valence-corrected chi connectivity index (χ2v) is 5.93. The van der Waals surface area contributed by atoms with E-state index in [2.05, 4.69) is 32.9 Å². The molecule has 1 saturated heterocycles. The molecule has 0 aromatic heterocycles. The van der Waals surface area contributed by atoms with Gasteiger partial charge in [-0.1, -0.05) is 29.8 Å². The van der Waals surface area contributed by atoms with E-state index >= 15 is 0 Å². The van der Waals surface area contributed by atoms with Crippen molar-refractivity contribution in [2.24, 2.45) is 0 Å². The van der Waals surface area contributed by atoms with Crippen LogP contribution >= 0.6 is 0 Å². The summed E-state index contributed by atoms with van der Waals surface area (Å²) in [5.74, 6) is 0.233. The van der Waals surface area contributed by atoms with Crippen LogP contribution in [0.25, 0.3) is 0 Å². The Balaban J connectivity index is 1.81. The monoisotopic (exact) mass is 275 g/mol. The van der Waals surface area contributed by atoms with Crippen molar-refractivity contribution in [3.63, 3.8) is 0 Å². The predicted molar refractivity (Wildman–Crippen MR) is 80.7 cm³/mol. The molecule has 1 aromatic carbocycles. The molecule has 0 spiro atoms. The van der Waals surface area contributed by atoms with Crippen molar-refractivity contribution in [2.75, 3.05) is 13.1 Å². The van der Waals surface area contributed by atoms with Gasteiger partial charge < -0.3 is 9.64 Å². The summed E-state index contributed by atoms with van der Waals surface area (Å²) in [5, 5.41) is 0. The van der Waals surface area contributed by atoms with Gasteiger partial charge in [0.1, 0.15) is 0 Å². The van der Waals surface area contributed by atoms with Gasteiger partial charge in [0, 0.05) is 13.1 Å². The molecule has 0 saturated carbocycles. The van der Waals surface area contributed by atoms with E-state index in [4.69, 9.17) is 4.74 Å². The molecular formula is C17H25NO2. The van der Waals surface area contributed by atoms with E-state index in [-0.39, 0.29) is 12.0 Å². The Kier molecular flexibility index (Phi) is 5.18. The van der Waals surface area contributed by atoms with E-state index in [0.717, 1.165) is 31.5 Å². The zero-order valence-electron chi connectivity index (χ0n) is 12.8. The molecule has 1 amide bonds. The highest BCUT2D eigenvalue weighted by Gasteiger charge is 2.23. The molecule has 1 fully saturated rings. The zero-order valence-corrected chi connectivity index (χ0v) is 12.8. The minimum atomic E-state index is 0.233. The van der Waals surface area contributed by atoms with Crippen LogP contribution in [0.4, 0.5) is 0 Å². The summed E-state index contributed by atoms with van der Waals surface area (Å²) in [6.07, 6.45) is 3.01. The number of benzene rings is 1. The Morgan fingerprint density at radius 3 is 2.40 bits per heavy atom. The fraction of sp³-hybridized carbons (Fsp3) is 0.588. The molecule has 0 N–H and O–H groups in total. The minimum Gasteiger partial charge on any atom is -0.375 e. The van der Waals surface area contributed by atoms with Crippen molar-refractivity contribution in [1.29, 1.82) is 0 Å². The molecule has 1 aliphatic rings. The number of aryl methyl sites for hydroxylation is 1. The van der Waals surface area contributed by atoms with Gasteiger partial charge in [0.05, 0.1) is 18.6 Å². The van der Waals surface area contributed by atoms with Gasteiger partial charge in [-0.3, -0.25) is 4.79 Å². The second kappa shape index (κ2) is 6.89. The maximum atomic E-state index is 12.3. The second-order valence-electron chi connectivity index (χ2n) is 5.93. The van der Waals surface area contributed by atoms with Gasteiger partial charge >= 0.3 is 0 Å². The molecule has 0 unspecified atom stereocenters. The molecule has 1 aliphatic heterocycles. The van der Waals surface area contributed by atoms with Crippen molar-refractivity contribution in [3.05, 3.63) is 35.4 Å². The van der Waals surface area contributed by atoms with Crippen LogP contribution in [0.2, 0.25) is 0 Å². The SMILES string of the molecule is Cc1ccc(CC(=O)N2CCC(OC(C)C)CC2)cc1. The fourth-order valence-corrected chi connectivity index (χ4v) is 2.62. The van der Waals surface area contributed by atoms with Crippen LogP contribution in [0.15, 0.2) is 24.3 Å². The first-order valence-electron chi connectivity index (χ1n) is 7.53. The highest BCUT2D eigenvalue weighted by Crippen LogP contribution is 2.16. The molecule has 0 bridgehead atoms. The van der Waals surface area contributed by atoms with Crippen LogP contribution in [-0.2, 0) is 16.0 Å². The van der Waals surface area contributed by atoms with E-state index in [1.54, 1.807) is 0 Å². The van der Waals surface area contributed by atoms with Crippen LogP contribution in [0.1, 0.15) is 37.8 Å². The normalized spacial score (nSPS) is 16.7. The molecule has 1 heterocycles. The van der Waals surface area contributed by atoms with E-state index in [0.29, 0.717) is 12.5 Å². The average Bonchev–Trinajstić information content (AvgIpc) is 2.41. The quantitative estimate of drug-likeness (QED) is 0.845. The van der Waals surface area contributed by atoms with Gasteiger partial charge in [-0.25, -0.2) is 0 Å². The zero-order chi connectivity index (χ0) is 14.5. The van der Waals surface area contributed by atoms with Crippen LogP contribution < -0.4 is 0 Å². The smallest absolute Gasteiger partial charge is 0.226 e. The molecule has 0 atom stereocenters. The molecule has 1 aromatic rings. The van der Waals surface area contributed by atoms with Gasteiger partial charge in [-0.05, 0) is 39.2 Å². The van der Waals surface area contributed by atoms with Gasteiger partial charge in [0.2, 0.25) is 5.91 Å². The van der Waals surface area contributed by atoms with Crippen molar-refractivity contribution in [1.82, 2.24) is 4.90 Å². The maximum Gasteiger partial charge on any atom is 0.226 e. The number of likely N-dealkylation sites (tertiary alicyclic amines) is 1. The molecular weight excluding hydrogens is 250 g/mol. The fourth-order valence-electron chi connectivity index (χ4n) is 2.62. The third-order valence-corrected chi connectivity index (χ3v) is 3.74. The Morgan fingerprint density at radius 1 is 1.25 bits per heavy atom. The van der Waals surface area contributed by atoms with Crippen LogP contribution in [0.5, 0.6) is 0 Å². The van der Waals surface area contributed by atoms with Crippen molar-refractivity contribution < 1.29 is 9.53 Å². The summed E-state index contributed by atoms with van der Waals surface area (Å²) in [6.45, 7) is 7.83. The van der Waals surface area contributed by atoms with E-state index in [1.807, 2.05) is 17.0 Å². The lowest BCUT2D eigenvalue weighted by molar-refractivity contribution is -0.133. The number of piperidine rings is 1. The first-order chi connectivity index (χ1) is 9.54. The van der Waals surface area contributed by atoms with Gasteiger partial charge in [-0.2, -0.15) is 0 Å². The Bertz CT molecular complexity index is 431. The summed E-state index contributed by atoms with van der Waals surface area (Å²) >= 11 is 0. The number of ether oxygens (including phenoxy) is 1. The lowest BCUT2D eigenvalue weighted by Crippen LogP contribution is -2.42. The average molecular weight is 275 g/mol. The molecule has 3 heteroatoms. The maximum absolute atomic E-state index is 12.3. The number of carbonyl (C=O) groups is 1. The van der Waals surface area contributed by atoms with E-state index in [9.17, 15) is 4.79 Å². The number of nitrogens with zero attached hydrogens (tertiary/aromatic N) is 1. The van der Waals surface area contributed by atoms with Gasteiger partial charge in [0.15, 0.2) is 0 Å². The van der Waals surface area contributed by atoms with Crippen molar-refractivity contribution in [2.45, 2.75) is 52.2 Å². The highest BCUT2D eigenvalue weighted by atomic mass is 16.5. The first-order valence-corrected chi connectivity index (χ1v) is 7.53. The van der Waals surface area contributed by atoms with E-state index < -0.39 is 0 Å². The summed E-state index contributed by atoms with van der Waals surface area (Å²) in [7, 11) is 0. The Labute approximate surface area is 121 Å². The Morgan fingerprint density at radius 2 is 1.85 bits per heavy atom. The molecule has 0 aliphatic carbocycles. The Hall–Kier alpha value is -1.35. The standard InChI is InChI=1S/C17H25NO2/c1-13(2)20-16-8-10-18(11-9-16)17(19)12-15-6-4-14(3)5-7-15/h4-7,13,16H,8-12H2,1-3H3. The van der Waals surface area contributed by atoms with Gasteiger partial charge in [-0.15, -0.1) is 0 Å². The predicted octanol–water partition coefficient (Wildman–Crippen LogP) is 2.95. The highest BCUT2D eigenvalue weighted by molar-refractivity contribution is 5.78. The van der Waals surface area contributed by atoms with Crippen molar-refractivity contribution in [3.8, 4) is 0 Å². The largest absolute Gasteiger partial charge is 0.375 e. The minimum absolute atomic E-state index is 0.233. The van der Waals surface area contributed by atoms with E-state index in [1.165, 1.54) is 5.56 Å². The van der Waals surface area contributed by atoms with Crippen LogP contribution in [0, 0.1) is 6.92 Å². The number of hydrogen-bond acceptors (Lipinski definition) is 2. The van der Waals surface area contributed by atoms with Gasteiger partial charge in [0.25, 0.3) is 0 Å². The van der Waals surface area contributed by atoms with Crippen LogP contribution in [-0.4, -0.2) is 36.1 Å². The lowest BCUT2D eigenvalue weighted by atomic mass is 10.1. The molecule has 20 heavy (non-hydrogen) atoms.